The minimum absolute atomic E-state index is 0.153. The maximum absolute atomic E-state index is 9.64. The van der Waals surface area contributed by atoms with Gasteiger partial charge >= 0.3 is 5.95 Å². The summed E-state index contributed by atoms with van der Waals surface area (Å²) < 4.78 is 0. The van der Waals surface area contributed by atoms with Gasteiger partial charge in [-0.2, -0.15) is 10.2 Å². The van der Waals surface area contributed by atoms with Crippen LogP contribution in [0, 0.1) is 10.1 Å². The predicted octanol–water partition coefficient (Wildman–Crippen LogP) is -2.52. The van der Waals surface area contributed by atoms with Gasteiger partial charge in [0.2, 0.25) is 5.95 Å². The van der Waals surface area contributed by atoms with Gasteiger partial charge in [0, 0.05) is 0 Å². The van der Waals surface area contributed by atoms with Crippen molar-refractivity contribution < 1.29 is 5.03 Å². The van der Waals surface area contributed by atoms with E-state index < -0.39 is 5.03 Å². The Morgan fingerprint density at radius 1 is 1.35 bits per heavy atom. The van der Waals surface area contributed by atoms with E-state index in [1.165, 1.54) is 0 Å². The molecule has 0 radical (unpaired) electrons. The standard InChI is InChI=1S/C2H6N6.CH2N6O2/c3-1-5-2(6-4)8-7-1;8-7(9)4-1-2-5-6-3-1/h4H2,(H4,3,5,6,7,8);(H2,2,3,4,5,6). The monoisotopic (exact) mass is 244 g/mol. The number of nitrogens with two attached hydrogens (primary N) is 2. The average Bonchev–Trinajstić information content (AvgIpc) is 2.89. The predicted molar refractivity (Wildman–Crippen MR) is 53.4 cm³/mol. The number of aromatic nitrogens is 7. The minimum Gasteiger partial charge on any atom is -0.368 e. The van der Waals surface area contributed by atoms with Gasteiger partial charge in [-0.05, 0) is 5.21 Å². The number of H-pyrrole nitrogens is 2. The Balaban J connectivity index is 0.000000171. The summed E-state index contributed by atoms with van der Waals surface area (Å²) in [5.41, 5.74) is 9.03. The van der Waals surface area contributed by atoms with Gasteiger partial charge in [0.05, 0.1) is 0 Å². The molecule has 2 aromatic heterocycles. The maximum atomic E-state index is 9.64. The molecule has 0 unspecified atom stereocenters. The van der Waals surface area contributed by atoms with E-state index in [1.54, 1.807) is 5.43 Å². The zero-order valence-corrected chi connectivity index (χ0v) is 8.15. The molecule has 0 fully saturated rings. The summed E-state index contributed by atoms with van der Waals surface area (Å²) in [6.45, 7) is 0. The molecule has 0 aliphatic rings. The van der Waals surface area contributed by atoms with Crippen LogP contribution in [-0.2, 0) is 0 Å². The zero-order valence-electron chi connectivity index (χ0n) is 8.15. The highest BCUT2D eigenvalue weighted by atomic mass is 16.7. The van der Waals surface area contributed by atoms with Crippen LogP contribution in [0.15, 0.2) is 0 Å². The lowest BCUT2D eigenvalue weighted by Crippen LogP contribution is -2.08. The van der Waals surface area contributed by atoms with E-state index in [0.29, 0.717) is 5.95 Å². The molecule has 2 rings (SSSR count). The molecule has 0 bridgehead atoms. The summed E-state index contributed by atoms with van der Waals surface area (Å²) in [6, 6.07) is 0. The Hall–Kier alpha value is -3.03. The first-order valence-corrected chi connectivity index (χ1v) is 3.90. The molecule has 0 spiro atoms. The van der Waals surface area contributed by atoms with E-state index in [9.17, 15) is 10.1 Å². The van der Waals surface area contributed by atoms with Crippen molar-refractivity contribution in [3.8, 4) is 0 Å². The largest absolute Gasteiger partial charge is 0.368 e. The first-order chi connectivity index (χ1) is 8.11. The van der Waals surface area contributed by atoms with E-state index in [4.69, 9.17) is 11.6 Å². The van der Waals surface area contributed by atoms with Crippen LogP contribution < -0.4 is 22.4 Å². The molecule has 8 N–H and O–H groups in total. The van der Waals surface area contributed by atoms with Crippen LogP contribution in [0.5, 0.6) is 0 Å². The number of nitro groups is 1. The number of hydrogen-bond donors (Lipinski definition) is 6. The molecular formula is C3H8N12O2. The SMILES string of the molecule is NNc1n[nH]c(N)n1.O=[N+]([O-])Nc1nn[nH]n1. The summed E-state index contributed by atoms with van der Waals surface area (Å²) in [4.78, 5) is 13.2. The maximum Gasteiger partial charge on any atom is 0.323 e. The molecular weight excluding hydrogens is 236 g/mol. The lowest BCUT2D eigenvalue weighted by atomic mass is 11.0. The molecule has 92 valence electrons. The number of nitrogens with zero attached hydrogens (tertiary/aromatic N) is 6. The Morgan fingerprint density at radius 2 is 2.12 bits per heavy atom. The third-order valence-corrected chi connectivity index (χ3v) is 1.17. The van der Waals surface area contributed by atoms with Crippen LogP contribution in [0.2, 0.25) is 0 Å². The first-order valence-electron chi connectivity index (χ1n) is 3.90. The Labute approximate surface area is 92.3 Å². The number of aromatic amines is 2. The highest BCUT2D eigenvalue weighted by Gasteiger charge is 2.00. The number of nitrogens with one attached hydrogen (secondary N) is 4. The van der Waals surface area contributed by atoms with Crippen LogP contribution in [0.3, 0.4) is 0 Å². The molecule has 0 saturated carbocycles. The molecule has 14 heteroatoms. The number of hydrogen-bond acceptors (Lipinski definition) is 10. The van der Waals surface area contributed by atoms with Gasteiger partial charge in [-0.15, -0.1) is 10.2 Å². The average molecular weight is 244 g/mol. The van der Waals surface area contributed by atoms with Gasteiger partial charge in [0.15, 0.2) is 5.03 Å². The smallest absolute Gasteiger partial charge is 0.323 e. The molecule has 0 atom stereocenters. The van der Waals surface area contributed by atoms with E-state index >= 15 is 0 Å². The molecule has 2 heterocycles. The van der Waals surface area contributed by atoms with Crippen molar-refractivity contribution in [2.75, 3.05) is 16.6 Å². The molecule has 0 aromatic carbocycles. The van der Waals surface area contributed by atoms with Gasteiger partial charge in [-0.25, -0.2) is 21.1 Å². The number of tetrazole rings is 1. The number of nitrogen functional groups attached to an aromatic ring is 2. The molecule has 2 aromatic rings. The lowest BCUT2D eigenvalue weighted by Gasteiger charge is -1.83. The Bertz CT molecular complexity index is 446. The van der Waals surface area contributed by atoms with Crippen LogP contribution in [-0.4, -0.2) is 40.8 Å². The minimum atomic E-state index is -0.773. The van der Waals surface area contributed by atoms with Crippen LogP contribution in [0.1, 0.15) is 0 Å². The normalized spacial score (nSPS) is 9.00. The molecule has 0 saturated heterocycles. The second-order valence-electron chi connectivity index (χ2n) is 2.29. The van der Waals surface area contributed by atoms with Crippen LogP contribution in [0.25, 0.3) is 0 Å². The summed E-state index contributed by atoms with van der Waals surface area (Å²) in [5.74, 6) is 5.30. The van der Waals surface area contributed by atoms with Gasteiger partial charge in [0.1, 0.15) is 0 Å². The van der Waals surface area contributed by atoms with E-state index in [2.05, 4.69) is 41.2 Å². The number of hydrazine groups is 2. The summed E-state index contributed by atoms with van der Waals surface area (Å²) >= 11 is 0. The highest BCUT2D eigenvalue weighted by Crippen LogP contribution is 1.93. The van der Waals surface area contributed by atoms with Crippen LogP contribution in [0.4, 0.5) is 17.8 Å². The summed E-state index contributed by atoms with van der Waals surface area (Å²) in [7, 11) is 0. The van der Waals surface area contributed by atoms with Crippen molar-refractivity contribution in [1.82, 2.24) is 35.8 Å². The van der Waals surface area contributed by atoms with Gasteiger partial charge in [-0.3, -0.25) is 5.43 Å². The fourth-order valence-corrected chi connectivity index (χ4v) is 0.630. The van der Waals surface area contributed by atoms with Crippen molar-refractivity contribution in [2.24, 2.45) is 5.84 Å². The van der Waals surface area contributed by atoms with E-state index in [-0.39, 0.29) is 11.9 Å². The van der Waals surface area contributed by atoms with Gasteiger partial charge in [-0.1, -0.05) is 10.5 Å². The van der Waals surface area contributed by atoms with Crippen molar-refractivity contribution in [3.63, 3.8) is 0 Å². The summed E-state index contributed by atoms with van der Waals surface area (Å²) in [5, 5.41) is 26.4. The third-order valence-electron chi connectivity index (χ3n) is 1.17. The van der Waals surface area contributed by atoms with Crippen molar-refractivity contribution >= 4 is 17.8 Å². The summed E-state index contributed by atoms with van der Waals surface area (Å²) in [6.07, 6.45) is 0. The van der Waals surface area contributed by atoms with Crippen molar-refractivity contribution in [1.29, 1.82) is 0 Å². The van der Waals surface area contributed by atoms with Gasteiger partial charge < -0.3 is 5.73 Å². The highest BCUT2D eigenvalue weighted by molar-refractivity contribution is 5.27. The second kappa shape index (κ2) is 5.75. The van der Waals surface area contributed by atoms with E-state index in [0.717, 1.165) is 0 Å². The lowest BCUT2D eigenvalue weighted by molar-refractivity contribution is -0.446. The fourth-order valence-electron chi connectivity index (χ4n) is 0.630. The third kappa shape index (κ3) is 4.34. The second-order valence-corrected chi connectivity index (χ2v) is 2.29. The van der Waals surface area contributed by atoms with Gasteiger partial charge in [0.25, 0.3) is 5.95 Å². The Kier molecular flexibility index (Phi) is 4.08. The molecule has 0 aliphatic heterocycles. The van der Waals surface area contributed by atoms with E-state index in [1.807, 2.05) is 0 Å². The molecule has 0 amide bonds. The number of rotatable bonds is 3. The molecule has 14 nitrogen and oxygen atoms in total. The zero-order chi connectivity index (χ0) is 12.7. The van der Waals surface area contributed by atoms with Crippen molar-refractivity contribution in [2.45, 2.75) is 0 Å². The molecule has 17 heavy (non-hydrogen) atoms. The first kappa shape index (κ1) is 12.0. The molecule has 0 aliphatic carbocycles. The van der Waals surface area contributed by atoms with Crippen molar-refractivity contribution in [3.05, 3.63) is 10.1 Å². The van der Waals surface area contributed by atoms with Crippen LogP contribution >= 0.6 is 0 Å². The number of anilines is 3. The quantitative estimate of drug-likeness (QED) is 0.188. The fraction of sp³-hybridized carbons (Fsp3) is 0. The Morgan fingerprint density at radius 3 is 2.47 bits per heavy atom. The topological polar surface area (TPSA) is 215 Å².